The van der Waals surface area contributed by atoms with Crippen LogP contribution in [0, 0.1) is 12.7 Å². The van der Waals surface area contributed by atoms with Crippen molar-refractivity contribution < 1.29 is 18.7 Å². The van der Waals surface area contributed by atoms with Crippen molar-refractivity contribution in [2.45, 2.75) is 50.2 Å². The minimum absolute atomic E-state index is 0.134. The Bertz CT molecular complexity index is 668. The van der Waals surface area contributed by atoms with Crippen molar-refractivity contribution in [3.8, 4) is 0 Å². The van der Waals surface area contributed by atoms with Crippen LogP contribution in [0.1, 0.15) is 42.7 Å². The van der Waals surface area contributed by atoms with Gasteiger partial charge in [0.2, 0.25) is 5.91 Å². The zero-order chi connectivity index (χ0) is 16.8. The summed E-state index contributed by atoms with van der Waals surface area (Å²) in [5, 5.41) is 2.90. The third kappa shape index (κ3) is 2.72. The molecule has 0 bridgehead atoms. The predicted octanol–water partition coefficient (Wildman–Crippen LogP) is 3.01. The summed E-state index contributed by atoms with van der Waals surface area (Å²) in [6.45, 7) is 1.60. The van der Waals surface area contributed by atoms with Crippen LogP contribution in [0.15, 0.2) is 16.6 Å². The van der Waals surface area contributed by atoms with Crippen molar-refractivity contribution in [2.24, 2.45) is 0 Å². The van der Waals surface area contributed by atoms with Crippen molar-refractivity contribution in [2.75, 3.05) is 7.11 Å². The summed E-state index contributed by atoms with van der Waals surface area (Å²) >= 11 is 3.24. The number of methoxy groups -OCH3 is 1. The van der Waals surface area contributed by atoms with Crippen LogP contribution in [0.5, 0.6) is 0 Å². The number of hydrogen-bond acceptors (Lipinski definition) is 3. The van der Waals surface area contributed by atoms with E-state index >= 15 is 0 Å². The largest absolute Gasteiger partial charge is 0.381 e. The Labute approximate surface area is 142 Å². The van der Waals surface area contributed by atoms with E-state index in [9.17, 15) is 14.0 Å². The molecule has 1 aliphatic heterocycles. The molecule has 3 rings (SSSR count). The molecule has 1 spiro atoms. The molecule has 1 unspecified atom stereocenters. The van der Waals surface area contributed by atoms with E-state index in [4.69, 9.17) is 4.74 Å². The number of nitrogens with one attached hydrogen (secondary N) is 1. The van der Waals surface area contributed by atoms with Crippen LogP contribution in [0.4, 0.5) is 4.39 Å². The van der Waals surface area contributed by atoms with Crippen molar-refractivity contribution in [1.82, 2.24) is 5.32 Å². The number of halogens is 2. The summed E-state index contributed by atoms with van der Waals surface area (Å²) in [7, 11) is 1.66. The lowest BCUT2D eigenvalue weighted by atomic mass is 9.75. The van der Waals surface area contributed by atoms with Gasteiger partial charge in [-0.05, 0) is 55.9 Å². The van der Waals surface area contributed by atoms with Crippen LogP contribution in [0.2, 0.25) is 0 Å². The molecule has 6 heteroatoms. The fraction of sp³-hybridized carbons (Fsp3) is 0.529. The van der Waals surface area contributed by atoms with E-state index in [1.165, 1.54) is 6.07 Å². The zero-order valence-electron chi connectivity index (χ0n) is 13.1. The Balaban J connectivity index is 1.94. The molecule has 2 fully saturated rings. The highest BCUT2D eigenvalue weighted by Crippen LogP contribution is 2.41. The van der Waals surface area contributed by atoms with E-state index in [2.05, 4.69) is 21.2 Å². The highest BCUT2D eigenvalue weighted by atomic mass is 79.9. The average molecular weight is 384 g/mol. The highest BCUT2D eigenvalue weighted by molar-refractivity contribution is 9.10. The molecule has 1 aliphatic carbocycles. The topological polar surface area (TPSA) is 55.4 Å². The van der Waals surface area contributed by atoms with Gasteiger partial charge in [-0.15, -0.1) is 0 Å². The number of ether oxygens (including phenoxy) is 1. The summed E-state index contributed by atoms with van der Waals surface area (Å²) < 4.78 is 19.9. The van der Waals surface area contributed by atoms with Gasteiger partial charge >= 0.3 is 0 Å². The van der Waals surface area contributed by atoms with Crippen molar-refractivity contribution in [1.29, 1.82) is 0 Å². The molecule has 4 nitrogen and oxygen atoms in total. The van der Waals surface area contributed by atoms with Crippen LogP contribution >= 0.6 is 15.9 Å². The zero-order valence-corrected chi connectivity index (χ0v) is 14.7. The Hall–Kier alpha value is -1.27. The van der Waals surface area contributed by atoms with E-state index in [0.29, 0.717) is 28.4 Å². The van der Waals surface area contributed by atoms with Gasteiger partial charge in [0, 0.05) is 11.6 Å². The normalized spacial score (nSPS) is 30.8. The lowest BCUT2D eigenvalue weighted by Gasteiger charge is -2.35. The third-order valence-corrected chi connectivity index (χ3v) is 5.60. The van der Waals surface area contributed by atoms with Gasteiger partial charge in [0.15, 0.2) is 5.78 Å². The molecule has 1 heterocycles. The number of carbonyl (C=O) groups is 2. The number of amides is 1. The first-order valence-electron chi connectivity index (χ1n) is 7.72. The number of hydrogen-bond donors (Lipinski definition) is 1. The number of ketones is 1. The van der Waals surface area contributed by atoms with E-state index < -0.39 is 17.3 Å². The Morgan fingerprint density at radius 2 is 1.96 bits per heavy atom. The molecule has 1 saturated carbocycles. The molecule has 2 aliphatic rings. The van der Waals surface area contributed by atoms with Gasteiger partial charge in [0.25, 0.3) is 0 Å². The van der Waals surface area contributed by atoms with E-state index in [1.54, 1.807) is 20.1 Å². The van der Waals surface area contributed by atoms with Gasteiger partial charge in [-0.25, -0.2) is 4.39 Å². The standard InChI is InChI=1S/C17H19BrFNO3/c1-9-12(7-10(18)8-13(9)19)14-15(21)17(20-16(14)22)5-3-11(23-2)4-6-17/h7-8,11,14H,3-6H2,1-2H3,(H,20,22). The smallest absolute Gasteiger partial charge is 0.235 e. The Kier molecular flexibility index (Phi) is 4.31. The minimum Gasteiger partial charge on any atom is -0.381 e. The number of carbonyl (C=O) groups excluding carboxylic acids is 2. The van der Waals surface area contributed by atoms with Crippen LogP contribution in [-0.2, 0) is 14.3 Å². The average Bonchev–Trinajstić information content (AvgIpc) is 2.75. The Morgan fingerprint density at radius 3 is 2.57 bits per heavy atom. The van der Waals surface area contributed by atoms with Crippen LogP contribution in [-0.4, -0.2) is 30.4 Å². The molecule has 23 heavy (non-hydrogen) atoms. The van der Waals surface area contributed by atoms with E-state index in [0.717, 1.165) is 12.8 Å². The van der Waals surface area contributed by atoms with Gasteiger partial charge in [-0.2, -0.15) is 0 Å². The molecule has 1 N–H and O–H groups in total. The SMILES string of the molecule is COC1CCC2(CC1)NC(=O)C(c1cc(Br)cc(F)c1C)C2=O. The second kappa shape index (κ2) is 5.98. The lowest BCUT2D eigenvalue weighted by molar-refractivity contribution is -0.126. The summed E-state index contributed by atoms with van der Waals surface area (Å²) in [6, 6.07) is 3.01. The molecule has 1 aromatic carbocycles. The van der Waals surface area contributed by atoms with Crippen LogP contribution in [0.25, 0.3) is 0 Å². The first-order valence-corrected chi connectivity index (χ1v) is 8.52. The summed E-state index contributed by atoms with van der Waals surface area (Å²) in [4.78, 5) is 25.5. The van der Waals surface area contributed by atoms with Gasteiger partial charge in [-0.3, -0.25) is 9.59 Å². The predicted molar refractivity (Wildman–Crippen MR) is 86.7 cm³/mol. The number of Topliss-reactive ketones (excluding diaryl/α,β-unsaturated/α-hetero) is 1. The first-order chi connectivity index (χ1) is 10.9. The number of rotatable bonds is 2. The monoisotopic (exact) mass is 383 g/mol. The molecule has 124 valence electrons. The summed E-state index contributed by atoms with van der Waals surface area (Å²) in [5.41, 5.74) is -0.0170. The maximum Gasteiger partial charge on any atom is 0.235 e. The van der Waals surface area contributed by atoms with E-state index in [1.807, 2.05) is 0 Å². The molecule has 1 amide bonds. The van der Waals surface area contributed by atoms with Crippen LogP contribution < -0.4 is 5.32 Å². The summed E-state index contributed by atoms with van der Waals surface area (Å²) in [6.07, 6.45) is 2.75. The second-order valence-corrected chi connectivity index (χ2v) is 7.32. The first kappa shape index (κ1) is 16.6. The third-order valence-electron chi connectivity index (χ3n) is 5.14. The second-order valence-electron chi connectivity index (χ2n) is 6.41. The molecular weight excluding hydrogens is 365 g/mol. The van der Waals surface area contributed by atoms with Crippen molar-refractivity contribution in [3.63, 3.8) is 0 Å². The van der Waals surface area contributed by atoms with Gasteiger partial charge in [-0.1, -0.05) is 15.9 Å². The quantitative estimate of drug-likeness (QED) is 0.798. The van der Waals surface area contributed by atoms with Gasteiger partial charge in [0.05, 0.1) is 11.6 Å². The molecular formula is C17H19BrFNO3. The summed E-state index contributed by atoms with van der Waals surface area (Å²) in [5.74, 6) is -1.82. The highest BCUT2D eigenvalue weighted by Gasteiger charge is 2.54. The van der Waals surface area contributed by atoms with Crippen LogP contribution in [0.3, 0.4) is 0 Å². The van der Waals surface area contributed by atoms with Gasteiger partial charge in [0.1, 0.15) is 11.7 Å². The molecule has 1 aromatic rings. The fourth-order valence-corrected chi connectivity index (χ4v) is 4.15. The van der Waals surface area contributed by atoms with Crippen molar-refractivity contribution >= 4 is 27.6 Å². The maximum absolute atomic E-state index is 14.0. The lowest BCUT2D eigenvalue weighted by Crippen LogP contribution is -2.50. The minimum atomic E-state index is -0.930. The molecule has 1 saturated heterocycles. The van der Waals surface area contributed by atoms with E-state index in [-0.39, 0.29) is 17.8 Å². The Morgan fingerprint density at radius 1 is 1.30 bits per heavy atom. The molecule has 1 atom stereocenters. The van der Waals surface area contributed by atoms with Gasteiger partial charge < -0.3 is 10.1 Å². The number of benzene rings is 1. The molecule has 0 radical (unpaired) electrons. The fourth-order valence-electron chi connectivity index (χ4n) is 3.70. The maximum atomic E-state index is 14.0. The molecule has 0 aromatic heterocycles. The van der Waals surface area contributed by atoms with Crippen molar-refractivity contribution in [3.05, 3.63) is 33.5 Å².